The Hall–Kier alpha value is -1.35. The highest BCUT2D eigenvalue weighted by molar-refractivity contribution is 5.92. The van der Waals surface area contributed by atoms with Crippen molar-refractivity contribution in [3.63, 3.8) is 0 Å². The van der Waals surface area contributed by atoms with Gasteiger partial charge in [-0.15, -0.1) is 0 Å². The fourth-order valence-electron chi connectivity index (χ4n) is 2.44. The number of aryl methyl sites for hydroxylation is 1. The van der Waals surface area contributed by atoms with E-state index in [1.807, 2.05) is 24.3 Å². The lowest BCUT2D eigenvalue weighted by molar-refractivity contribution is -0.120. The molecule has 0 aliphatic rings. The van der Waals surface area contributed by atoms with Crippen molar-refractivity contribution in [1.82, 2.24) is 0 Å². The molecule has 1 aromatic carbocycles. The normalized spacial score (nSPS) is 10.8. The summed E-state index contributed by atoms with van der Waals surface area (Å²) in [5.74, 6) is 0.249. The van der Waals surface area contributed by atoms with Crippen molar-refractivity contribution in [1.29, 1.82) is 0 Å². The molecule has 20 heavy (non-hydrogen) atoms. The van der Waals surface area contributed by atoms with Crippen LogP contribution in [0.4, 0.5) is 5.69 Å². The summed E-state index contributed by atoms with van der Waals surface area (Å²) < 4.78 is 0. The highest BCUT2D eigenvalue weighted by Gasteiger charge is 2.16. The summed E-state index contributed by atoms with van der Waals surface area (Å²) in [6.07, 6.45) is 5.57. The number of nitrogens with one attached hydrogen (secondary N) is 1. The maximum atomic E-state index is 12.3. The number of rotatable bonds is 9. The lowest BCUT2D eigenvalue weighted by Gasteiger charge is -2.15. The van der Waals surface area contributed by atoms with Crippen LogP contribution < -0.4 is 5.32 Å². The second-order valence-corrected chi connectivity index (χ2v) is 5.29. The van der Waals surface area contributed by atoms with Crippen LogP contribution in [0.15, 0.2) is 24.3 Å². The Bertz CT molecular complexity index is 398. The van der Waals surface area contributed by atoms with E-state index >= 15 is 0 Å². The van der Waals surface area contributed by atoms with Gasteiger partial charge in [0.2, 0.25) is 5.91 Å². The predicted molar refractivity (Wildman–Crippen MR) is 83.8 cm³/mol. The van der Waals surface area contributed by atoms with E-state index in [1.54, 1.807) is 0 Å². The first-order chi connectivity index (χ1) is 9.71. The maximum absolute atomic E-state index is 12.3. The van der Waals surface area contributed by atoms with Crippen LogP contribution in [0.1, 0.15) is 51.5 Å². The van der Waals surface area contributed by atoms with Gasteiger partial charge in [0.25, 0.3) is 0 Å². The summed E-state index contributed by atoms with van der Waals surface area (Å²) >= 11 is 0. The second kappa shape index (κ2) is 9.54. The Kier molecular flexibility index (Phi) is 7.97. The molecule has 1 rings (SSSR count). The van der Waals surface area contributed by atoms with Gasteiger partial charge in [0, 0.05) is 18.2 Å². The van der Waals surface area contributed by atoms with Crippen molar-refractivity contribution in [2.45, 2.75) is 52.4 Å². The minimum absolute atomic E-state index is 0.117. The smallest absolute Gasteiger partial charge is 0.227 e. The zero-order valence-electron chi connectivity index (χ0n) is 12.7. The number of carbonyl (C=O) groups is 1. The Balaban J connectivity index is 2.63. The van der Waals surface area contributed by atoms with Crippen molar-refractivity contribution in [3.8, 4) is 0 Å². The molecule has 0 saturated carbocycles. The zero-order valence-corrected chi connectivity index (χ0v) is 12.7. The van der Waals surface area contributed by atoms with Gasteiger partial charge in [0.05, 0.1) is 0 Å². The van der Waals surface area contributed by atoms with E-state index in [-0.39, 0.29) is 18.4 Å². The van der Waals surface area contributed by atoms with Gasteiger partial charge >= 0.3 is 0 Å². The molecule has 0 fully saturated rings. The van der Waals surface area contributed by atoms with Crippen molar-refractivity contribution in [2.24, 2.45) is 5.92 Å². The van der Waals surface area contributed by atoms with E-state index in [4.69, 9.17) is 5.11 Å². The Labute approximate surface area is 122 Å². The Morgan fingerprint density at radius 2 is 1.95 bits per heavy atom. The van der Waals surface area contributed by atoms with E-state index in [1.165, 1.54) is 0 Å². The molecule has 0 bridgehead atoms. The number of aliphatic hydroxyl groups excluding tert-OH is 1. The number of benzene rings is 1. The van der Waals surface area contributed by atoms with Crippen molar-refractivity contribution in [3.05, 3.63) is 29.8 Å². The van der Waals surface area contributed by atoms with Gasteiger partial charge in [0.1, 0.15) is 0 Å². The largest absolute Gasteiger partial charge is 0.396 e. The third-order valence-electron chi connectivity index (χ3n) is 3.46. The fraction of sp³-hybridized carbons (Fsp3) is 0.588. The fourth-order valence-corrected chi connectivity index (χ4v) is 2.44. The highest BCUT2D eigenvalue weighted by atomic mass is 16.2. The molecule has 0 heterocycles. The minimum Gasteiger partial charge on any atom is -0.396 e. The molecule has 0 aliphatic heterocycles. The first kappa shape index (κ1) is 16.7. The van der Waals surface area contributed by atoms with E-state index in [0.717, 1.165) is 49.8 Å². The van der Waals surface area contributed by atoms with Crippen LogP contribution in [0, 0.1) is 5.92 Å². The van der Waals surface area contributed by atoms with Gasteiger partial charge in [-0.2, -0.15) is 0 Å². The molecule has 3 nitrogen and oxygen atoms in total. The van der Waals surface area contributed by atoms with Crippen LogP contribution in [0.2, 0.25) is 0 Å². The van der Waals surface area contributed by atoms with Crippen molar-refractivity contribution < 1.29 is 9.90 Å². The maximum Gasteiger partial charge on any atom is 0.227 e. The van der Waals surface area contributed by atoms with Crippen LogP contribution in [-0.4, -0.2) is 17.6 Å². The summed E-state index contributed by atoms with van der Waals surface area (Å²) in [7, 11) is 0. The highest BCUT2D eigenvalue weighted by Crippen LogP contribution is 2.18. The van der Waals surface area contributed by atoms with Crippen LogP contribution in [0.3, 0.4) is 0 Å². The molecule has 112 valence electrons. The molecule has 1 aromatic rings. The number of carbonyl (C=O) groups excluding carboxylic acids is 1. The van der Waals surface area contributed by atoms with Gasteiger partial charge in [-0.1, -0.05) is 38.8 Å². The monoisotopic (exact) mass is 277 g/mol. The molecule has 0 atom stereocenters. The summed E-state index contributed by atoms with van der Waals surface area (Å²) in [5, 5.41) is 11.9. The third-order valence-corrected chi connectivity index (χ3v) is 3.46. The van der Waals surface area contributed by atoms with E-state index < -0.39 is 0 Å². The van der Waals surface area contributed by atoms with Crippen molar-refractivity contribution >= 4 is 11.6 Å². The first-order valence-electron chi connectivity index (χ1n) is 7.71. The summed E-state index contributed by atoms with van der Waals surface area (Å²) in [6.45, 7) is 4.43. The van der Waals surface area contributed by atoms with Crippen LogP contribution in [0.5, 0.6) is 0 Å². The molecule has 0 saturated heterocycles. The van der Waals surface area contributed by atoms with Gasteiger partial charge in [0.15, 0.2) is 0 Å². The first-order valence-corrected chi connectivity index (χ1v) is 7.71. The lowest BCUT2D eigenvalue weighted by Crippen LogP contribution is -2.22. The zero-order chi connectivity index (χ0) is 14.8. The molecular formula is C17H27NO2. The SMILES string of the molecule is CCCC(CCC)C(=O)Nc1cccc(CCCO)c1. The number of hydrogen-bond donors (Lipinski definition) is 2. The number of anilines is 1. The lowest BCUT2D eigenvalue weighted by atomic mass is 9.97. The quantitative estimate of drug-likeness (QED) is 0.722. The predicted octanol–water partition coefficient (Wildman–Crippen LogP) is 3.77. The summed E-state index contributed by atoms with van der Waals surface area (Å²) in [6, 6.07) is 7.91. The molecular weight excluding hydrogens is 250 g/mol. The van der Waals surface area contributed by atoms with Crippen LogP contribution >= 0.6 is 0 Å². The molecule has 0 aliphatic carbocycles. The molecule has 0 spiro atoms. The Morgan fingerprint density at radius 3 is 2.55 bits per heavy atom. The van der Waals surface area contributed by atoms with Crippen LogP contribution in [-0.2, 0) is 11.2 Å². The number of hydrogen-bond acceptors (Lipinski definition) is 2. The average Bonchev–Trinajstić information content (AvgIpc) is 2.45. The van der Waals surface area contributed by atoms with E-state index in [2.05, 4.69) is 19.2 Å². The number of amides is 1. The third kappa shape index (κ3) is 5.74. The summed E-state index contributed by atoms with van der Waals surface area (Å²) in [5.41, 5.74) is 2.02. The van der Waals surface area contributed by atoms with E-state index in [0.29, 0.717) is 0 Å². The molecule has 2 N–H and O–H groups in total. The van der Waals surface area contributed by atoms with E-state index in [9.17, 15) is 4.79 Å². The molecule has 0 aromatic heterocycles. The van der Waals surface area contributed by atoms with Gasteiger partial charge in [-0.25, -0.2) is 0 Å². The standard InChI is InChI=1S/C17H27NO2/c1-3-7-15(8-4-2)17(20)18-16-11-5-9-14(13-16)10-6-12-19/h5,9,11,13,15,19H,3-4,6-8,10,12H2,1-2H3,(H,18,20). The minimum atomic E-state index is 0.117. The van der Waals surface area contributed by atoms with Gasteiger partial charge < -0.3 is 10.4 Å². The van der Waals surface area contributed by atoms with Gasteiger partial charge in [-0.3, -0.25) is 4.79 Å². The Morgan fingerprint density at radius 1 is 1.25 bits per heavy atom. The van der Waals surface area contributed by atoms with Gasteiger partial charge in [-0.05, 0) is 43.4 Å². The summed E-state index contributed by atoms with van der Waals surface area (Å²) in [4.78, 5) is 12.3. The molecule has 0 radical (unpaired) electrons. The van der Waals surface area contributed by atoms with Crippen LogP contribution in [0.25, 0.3) is 0 Å². The van der Waals surface area contributed by atoms with Crippen molar-refractivity contribution in [2.75, 3.05) is 11.9 Å². The molecule has 3 heteroatoms. The second-order valence-electron chi connectivity index (χ2n) is 5.29. The average molecular weight is 277 g/mol. The molecule has 0 unspecified atom stereocenters. The molecule has 1 amide bonds. The number of aliphatic hydroxyl groups is 1. The topological polar surface area (TPSA) is 49.3 Å².